The molecule has 0 spiro atoms. The van der Waals surface area contributed by atoms with Crippen LogP contribution in [-0.2, 0) is 14.4 Å². The molecule has 0 bridgehead atoms. The van der Waals surface area contributed by atoms with Crippen molar-refractivity contribution in [1.82, 2.24) is 5.32 Å². The molecule has 0 radical (unpaired) electrons. The fraction of sp³-hybridized carbons (Fsp3) is 0.429. The van der Waals surface area contributed by atoms with Crippen molar-refractivity contribution >= 4 is 23.9 Å². The zero-order valence-electron chi connectivity index (χ0n) is 8.28. The maximum atomic E-state index is 10.7. The predicted octanol–water partition coefficient (Wildman–Crippen LogP) is -2.60. The van der Waals surface area contributed by atoms with Crippen LogP contribution in [0.2, 0.25) is 0 Å². The van der Waals surface area contributed by atoms with Gasteiger partial charge >= 0.3 is 23.9 Å². The summed E-state index contributed by atoms with van der Waals surface area (Å²) in [6.07, 6.45) is -1.42. The van der Waals surface area contributed by atoms with Gasteiger partial charge in [-0.25, -0.2) is 14.4 Å². The summed E-state index contributed by atoms with van der Waals surface area (Å²) in [7, 11) is 0. The normalized spacial score (nSPS) is 15.4. The van der Waals surface area contributed by atoms with Gasteiger partial charge in [0.1, 0.15) is 0 Å². The number of carbonyl (C=O) groups is 4. The number of carboxylic acids is 3. The van der Waals surface area contributed by atoms with E-state index in [9.17, 15) is 24.3 Å². The predicted molar refractivity (Wildman–Crippen MR) is 49.0 cm³/mol. The van der Waals surface area contributed by atoms with Crippen molar-refractivity contribution in [3.05, 3.63) is 0 Å². The zero-order valence-corrected chi connectivity index (χ0v) is 8.28. The SMILES string of the molecule is NC(=O)NC(C(=O)O)C(O)(CC(=O)O)C(=O)O. The van der Waals surface area contributed by atoms with Crippen molar-refractivity contribution in [2.24, 2.45) is 5.73 Å². The van der Waals surface area contributed by atoms with Crippen LogP contribution in [-0.4, -0.2) is 56.0 Å². The highest BCUT2D eigenvalue weighted by Gasteiger charge is 2.51. The molecule has 0 heterocycles. The Morgan fingerprint density at radius 2 is 1.65 bits per heavy atom. The largest absolute Gasteiger partial charge is 0.481 e. The first kappa shape index (κ1) is 14.6. The number of nitrogens with two attached hydrogens (primary N) is 1. The topological polar surface area (TPSA) is 187 Å². The summed E-state index contributed by atoms with van der Waals surface area (Å²) >= 11 is 0. The van der Waals surface area contributed by atoms with Crippen molar-refractivity contribution in [1.29, 1.82) is 0 Å². The number of amides is 2. The Morgan fingerprint density at radius 3 is 1.88 bits per heavy atom. The highest BCUT2D eigenvalue weighted by Crippen LogP contribution is 2.17. The van der Waals surface area contributed by atoms with Crippen LogP contribution in [0.15, 0.2) is 0 Å². The highest BCUT2D eigenvalue weighted by atomic mass is 16.4. The summed E-state index contributed by atoms with van der Waals surface area (Å²) in [4.78, 5) is 42.2. The van der Waals surface area contributed by atoms with Crippen LogP contribution in [0.5, 0.6) is 0 Å². The van der Waals surface area contributed by atoms with Crippen LogP contribution in [0.1, 0.15) is 6.42 Å². The number of hydrogen-bond donors (Lipinski definition) is 6. The Labute approximate surface area is 93.6 Å². The van der Waals surface area contributed by atoms with Crippen molar-refractivity contribution in [3.63, 3.8) is 0 Å². The van der Waals surface area contributed by atoms with Gasteiger partial charge in [0.2, 0.25) is 5.60 Å². The Hall–Kier alpha value is -2.36. The molecule has 0 aromatic heterocycles. The second-order valence-corrected chi connectivity index (χ2v) is 3.08. The van der Waals surface area contributed by atoms with Gasteiger partial charge in [0.25, 0.3) is 0 Å². The second kappa shape index (κ2) is 5.12. The third-order valence-electron chi connectivity index (χ3n) is 1.80. The van der Waals surface area contributed by atoms with Crippen molar-refractivity contribution in [2.45, 2.75) is 18.1 Å². The van der Waals surface area contributed by atoms with Gasteiger partial charge in [-0.2, -0.15) is 0 Å². The number of carbonyl (C=O) groups excluding carboxylic acids is 1. The Morgan fingerprint density at radius 1 is 1.18 bits per heavy atom. The van der Waals surface area contributed by atoms with Gasteiger partial charge in [-0.3, -0.25) is 4.79 Å². The fourth-order valence-corrected chi connectivity index (χ4v) is 1.06. The average molecular weight is 250 g/mol. The number of aliphatic carboxylic acids is 3. The molecule has 96 valence electrons. The minimum absolute atomic E-state index is 1.41. The average Bonchev–Trinajstić information content (AvgIpc) is 2.11. The Balaban J connectivity index is 5.36. The summed E-state index contributed by atoms with van der Waals surface area (Å²) in [5, 5.41) is 36.6. The van der Waals surface area contributed by atoms with Crippen molar-refractivity contribution in [3.8, 4) is 0 Å². The number of urea groups is 1. The van der Waals surface area contributed by atoms with E-state index in [-0.39, 0.29) is 0 Å². The van der Waals surface area contributed by atoms with Gasteiger partial charge in [-0.15, -0.1) is 0 Å². The van der Waals surface area contributed by atoms with E-state index >= 15 is 0 Å². The minimum Gasteiger partial charge on any atom is -0.481 e. The third-order valence-corrected chi connectivity index (χ3v) is 1.80. The lowest BCUT2D eigenvalue weighted by Crippen LogP contribution is -2.62. The first-order valence-electron chi connectivity index (χ1n) is 4.07. The molecule has 10 nitrogen and oxygen atoms in total. The second-order valence-electron chi connectivity index (χ2n) is 3.08. The summed E-state index contributed by atoms with van der Waals surface area (Å²) in [6.45, 7) is 0. The van der Waals surface area contributed by atoms with E-state index in [1.165, 1.54) is 5.32 Å². The van der Waals surface area contributed by atoms with Gasteiger partial charge in [-0.1, -0.05) is 0 Å². The quantitative estimate of drug-likeness (QED) is 0.296. The van der Waals surface area contributed by atoms with E-state index in [1.54, 1.807) is 0 Å². The maximum Gasteiger partial charge on any atom is 0.339 e. The van der Waals surface area contributed by atoms with Crippen LogP contribution >= 0.6 is 0 Å². The molecule has 17 heavy (non-hydrogen) atoms. The molecular weight excluding hydrogens is 240 g/mol. The maximum absolute atomic E-state index is 10.7. The molecule has 0 saturated carbocycles. The zero-order chi connectivity index (χ0) is 13.8. The molecule has 2 atom stereocenters. The molecule has 10 heteroatoms. The number of hydrogen-bond acceptors (Lipinski definition) is 5. The third kappa shape index (κ3) is 3.61. The molecule has 2 unspecified atom stereocenters. The van der Waals surface area contributed by atoms with Crippen LogP contribution < -0.4 is 11.1 Å². The molecular formula is C7H10N2O8. The monoisotopic (exact) mass is 250 g/mol. The standard InChI is InChI=1S/C7H10N2O8/c8-6(16)9-3(4(12)13)7(17,5(14)15)1-2(10)11/h3,17H,1H2,(H,10,11)(H,12,13)(H,14,15)(H3,8,9,16). The molecule has 0 saturated heterocycles. The van der Waals surface area contributed by atoms with Crippen LogP contribution in [0, 0.1) is 0 Å². The van der Waals surface area contributed by atoms with E-state index in [0.29, 0.717) is 0 Å². The van der Waals surface area contributed by atoms with Crippen LogP contribution in [0.25, 0.3) is 0 Å². The van der Waals surface area contributed by atoms with Gasteiger partial charge in [0.05, 0.1) is 6.42 Å². The summed E-state index contributed by atoms with van der Waals surface area (Å²) < 4.78 is 0. The number of rotatable bonds is 6. The number of carboxylic acid groups (broad SMARTS) is 3. The van der Waals surface area contributed by atoms with E-state index in [4.69, 9.17) is 15.3 Å². The van der Waals surface area contributed by atoms with Crippen molar-refractivity contribution in [2.75, 3.05) is 0 Å². The lowest BCUT2D eigenvalue weighted by molar-refractivity contribution is -0.174. The molecule has 2 amide bonds. The molecule has 0 aliphatic heterocycles. The lowest BCUT2D eigenvalue weighted by Gasteiger charge is -2.28. The molecule has 0 rings (SSSR count). The van der Waals surface area contributed by atoms with Crippen LogP contribution in [0.3, 0.4) is 0 Å². The van der Waals surface area contributed by atoms with Gasteiger partial charge in [0.15, 0.2) is 6.04 Å². The smallest absolute Gasteiger partial charge is 0.339 e. The molecule has 0 aliphatic rings. The van der Waals surface area contributed by atoms with Gasteiger partial charge < -0.3 is 31.5 Å². The number of nitrogens with one attached hydrogen (secondary N) is 1. The Kier molecular flexibility index (Phi) is 4.41. The van der Waals surface area contributed by atoms with E-state index in [2.05, 4.69) is 5.73 Å². The Bertz CT molecular complexity index is 367. The van der Waals surface area contributed by atoms with Crippen LogP contribution in [0.4, 0.5) is 4.79 Å². The molecule has 0 aromatic carbocycles. The van der Waals surface area contributed by atoms with Gasteiger partial charge in [-0.05, 0) is 0 Å². The molecule has 0 fully saturated rings. The minimum atomic E-state index is -3.20. The number of aliphatic hydroxyl groups is 1. The lowest BCUT2D eigenvalue weighted by atomic mass is 9.90. The number of primary amides is 1. The first-order valence-corrected chi connectivity index (χ1v) is 4.07. The highest BCUT2D eigenvalue weighted by molar-refractivity contribution is 5.93. The van der Waals surface area contributed by atoms with E-state index in [1.807, 2.05) is 0 Å². The van der Waals surface area contributed by atoms with Crippen molar-refractivity contribution < 1.29 is 39.6 Å². The summed E-state index contributed by atoms with van der Waals surface area (Å²) in [5.74, 6) is -5.80. The van der Waals surface area contributed by atoms with E-state index in [0.717, 1.165) is 0 Å². The summed E-state index contributed by atoms with van der Waals surface area (Å²) in [5.41, 5.74) is 1.39. The van der Waals surface area contributed by atoms with Gasteiger partial charge in [0, 0.05) is 0 Å². The molecule has 0 aromatic rings. The molecule has 0 aliphatic carbocycles. The van der Waals surface area contributed by atoms with E-state index < -0.39 is 42.0 Å². The first-order chi connectivity index (χ1) is 7.61. The summed E-state index contributed by atoms with van der Waals surface area (Å²) in [6, 6.07) is -3.80. The fourth-order valence-electron chi connectivity index (χ4n) is 1.06. The molecule has 7 N–H and O–H groups in total.